The van der Waals surface area contributed by atoms with Gasteiger partial charge in [-0.2, -0.15) is 13.2 Å². The Balaban J connectivity index is 2.37. The summed E-state index contributed by atoms with van der Waals surface area (Å²) in [5, 5.41) is 0. The summed E-state index contributed by atoms with van der Waals surface area (Å²) >= 11 is 0. The standard InChI is InChI=1S/C11H21F3N2/c1-2-3-9-4-5-16(7-9)8-10(6-15)11(12,13)14/h9-10H,2-8,15H2,1H3. The lowest BCUT2D eigenvalue weighted by Crippen LogP contribution is -2.40. The molecule has 0 spiro atoms. The van der Waals surface area contributed by atoms with Gasteiger partial charge in [-0.25, -0.2) is 0 Å². The first-order chi connectivity index (χ1) is 7.47. The lowest BCUT2D eigenvalue weighted by Gasteiger charge is -2.24. The number of likely N-dealkylation sites (tertiary alicyclic amines) is 1. The van der Waals surface area contributed by atoms with Crippen molar-refractivity contribution in [3.05, 3.63) is 0 Å². The Morgan fingerprint density at radius 2 is 2.12 bits per heavy atom. The van der Waals surface area contributed by atoms with Crippen LogP contribution in [0.4, 0.5) is 13.2 Å². The Hall–Kier alpha value is -0.290. The highest BCUT2D eigenvalue weighted by Crippen LogP contribution is 2.28. The summed E-state index contributed by atoms with van der Waals surface area (Å²) in [6.45, 7) is 3.47. The van der Waals surface area contributed by atoms with Gasteiger partial charge in [-0.05, 0) is 25.3 Å². The Morgan fingerprint density at radius 3 is 2.62 bits per heavy atom. The third-order valence-corrected chi connectivity index (χ3v) is 3.29. The van der Waals surface area contributed by atoms with E-state index in [-0.39, 0.29) is 13.1 Å². The second-order valence-electron chi connectivity index (χ2n) is 4.68. The number of hydrogen-bond donors (Lipinski definition) is 1. The summed E-state index contributed by atoms with van der Waals surface area (Å²) < 4.78 is 37.5. The summed E-state index contributed by atoms with van der Waals surface area (Å²) in [6, 6.07) is 0. The molecule has 0 aromatic carbocycles. The number of nitrogens with two attached hydrogens (primary N) is 1. The van der Waals surface area contributed by atoms with Crippen molar-refractivity contribution in [1.29, 1.82) is 0 Å². The minimum Gasteiger partial charge on any atom is -0.330 e. The van der Waals surface area contributed by atoms with Crippen molar-refractivity contribution in [2.45, 2.75) is 32.4 Å². The van der Waals surface area contributed by atoms with Crippen LogP contribution < -0.4 is 5.73 Å². The molecule has 1 aliphatic heterocycles. The molecular formula is C11H21F3N2. The maximum Gasteiger partial charge on any atom is 0.394 e. The van der Waals surface area contributed by atoms with E-state index in [0.717, 1.165) is 32.4 Å². The van der Waals surface area contributed by atoms with Gasteiger partial charge in [-0.3, -0.25) is 0 Å². The van der Waals surface area contributed by atoms with Crippen LogP contribution in [0.25, 0.3) is 0 Å². The van der Waals surface area contributed by atoms with Crippen molar-refractivity contribution in [1.82, 2.24) is 4.90 Å². The van der Waals surface area contributed by atoms with E-state index in [1.807, 2.05) is 4.90 Å². The summed E-state index contributed by atoms with van der Waals surface area (Å²) in [4.78, 5) is 1.91. The van der Waals surface area contributed by atoms with Crippen LogP contribution in [0.1, 0.15) is 26.2 Å². The molecule has 1 aliphatic rings. The van der Waals surface area contributed by atoms with Crippen molar-refractivity contribution in [2.75, 3.05) is 26.2 Å². The summed E-state index contributed by atoms with van der Waals surface area (Å²) in [6.07, 6.45) is -0.894. The average molecular weight is 238 g/mol. The molecule has 16 heavy (non-hydrogen) atoms. The molecule has 96 valence electrons. The van der Waals surface area contributed by atoms with Crippen LogP contribution in [0.3, 0.4) is 0 Å². The highest BCUT2D eigenvalue weighted by Gasteiger charge is 2.40. The van der Waals surface area contributed by atoms with Gasteiger partial charge in [0, 0.05) is 19.6 Å². The maximum absolute atomic E-state index is 12.5. The molecule has 0 aromatic rings. The third kappa shape index (κ3) is 3.94. The van der Waals surface area contributed by atoms with Crippen molar-refractivity contribution in [3.63, 3.8) is 0 Å². The third-order valence-electron chi connectivity index (χ3n) is 3.29. The minimum absolute atomic E-state index is 0.0697. The van der Waals surface area contributed by atoms with Crippen LogP contribution in [-0.4, -0.2) is 37.3 Å². The summed E-state index contributed by atoms with van der Waals surface area (Å²) in [5.41, 5.74) is 5.18. The highest BCUT2D eigenvalue weighted by molar-refractivity contribution is 4.80. The zero-order valence-electron chi connectivity index (χ0n) is 9.76. The van der Waals surface area contributed by atoms with E-state index in [1.165, 1.54) is 0 Å². The molecule has 2 unspecified atom stereocenters. The minimum atomic E-state index is -4.16. The van der Waals surface area contributed by atoms with E-state index >= 15 is 0 Å². The molecule has 1 heterocycles. The summed E-state index contributed by atoms with van der Waals surface area (Å²) in [5.74, 6) is -0.787. The largest absolute Gasteiger partial charge is 0.394 e. The summed E-state index contributed by atoms with van der Waals surface area (Å²) in [7, 11) is 0. The SMILES string of the molecule is CCCC1CCN(CC(CN)C(F)(F)F)C1. The monoisotopic (exact) mass is 238 g/mol. The van der Waals surface area contributed by atoms with Crippen molar-refractivity contribution >= 4 is 0 Å². The molecule has 5 heteroatoms. The van der Waals surface area contributed by atoms with E-state index in [1.54, 1.807) is 0 Å². The average Bonchev–Trinajstić information content (AvgIpc) is 2.61. The highest BCUT2D eigenvalue weighted by atomic mass is 19.4. The van der Waals surface area contributed by atoms with E-state index < -0.39 is 12.1 Å². The fraction of sp³-hybridized carbons (Fsp3) is 1.00. The topological polar surface area (TPSA) is 29.3 Å². The number of rotatable bonds is 5. The van der Waals surface area contributed by atoms with E-state index in [4.69, 9.17) is 5.73 Å². The molecule has 0 saturated carbocycles. The quantitative estimate of drug-likeness (QED) is 0.796. The molecule has 0 amide bonds. The zero-order valence-corrected chi connectivity index (χ0v) is 9.76. The Kier molecular flexibility index (Phi) is 5.05. The first-order valence-electron chi connectivity index (χ1n) is 5.96. The molecule has 1 rings (SSSR count). The van der Waals surface area contributed by atoms with Gasteiger partial charge >= 0.3 is 6.18 Å². The lowest BCUT2D eigenvalue weighted by molar-refractivity contribution is -0.175. The van der Waals surface area contributed by atoms with E-state index in [2.05, 4.69) is 6.92 Å². The predicted octanol–water partition coefficient (Wildman–Crippen LogP) is 2.25. The van der Waals surface area contributed by atoms with E-state index in [9.17, 15) is 13.2 Å². The van der Waals surface area contributed by atoms with Crippen LogP contribution in [0.5, 0.6) is 0 Å². The van der Waals surface area contributed by atoms with Crippen LogP contribution in [-0.2, 0) is 0 Å². The van der Waals surface area contributed by atoms with Gasteiger partial charge in [-0.1, -0.05) is 13.3 Å². The molecule has 1 saturated heterocycles. The van der Waals surface area contributed by atoms with Gasteiger partial charge < -0.3 is 10.6 Å². The van der Waals surface area contributed by atoms with Gasteiger partial charge in [0.05, 0.1) is 5.92 Å². The molecule has 2 N–H and O–H groups in total. The number of nitrogens with zero attached hydrogens (tertiary/aromatic N) is 1. The molecule has 0 aliphatic carbocycles. The maximum atomic E-state index is 12.5. The molecule has 0 radical (unpaired) electrons. The molecule has 2 nitrogen and oxygen atoms in total. The Labute approximate surface area is 95.0 Å². The Morgan fingerprint density at radius 1 is 1.44 bits per heavy atom. The molecule has 0 aromatic heterocycles. The molecule has 0 bridgehead atoms. The smallest absolute Gasteiger partial charge is 0.330 e. The normalized spacial score (nSPS) is 24.9. The second-order valence-corrected chi connectivity index (χ2v) is 4.68. The lowest BCUT2D eigenvalue weighted by atomic mass is 10.0. The van der Waals surface area contributed by atoms with Crippen LogP contribution in [0, 0.1) is 11.8 Å². The molecule has 2 atom stereocenters. The number of hydrogen-bond acceptors (Lipinski definition) is 2. The van der Waals surface area contributed by atoms with E-state index in [0.29, 0.717) is 5.92 Å². The number of halogens is 3. The first-order valence-corrected chi connectivity index (χ1v) is 5.96. The van der Waals surface area contributed by atoms with Crippen LogP contribution in [0.2, 0.25) is 0 Å². The number of alkyl halides is 3. The van der Waals surface area contributed by atoms with Crippen molar-refractivity contribution in [3.8, 4) is 0 Å². The fourth-order valence-corrected chi connectivity index (χ4v) is 2.35. The van der Waals surface area contributed by atoms with Gasteiger partial charge in [0.2, 0.25) is 0 Å². The van der Waals surface area contributed by atoms with Crippen LogP contribution >= 0.6 is 0 Å². The van der Waals surface area contributed by atoms with Gasteiger partial charge in [0.1, 0.15) is 0 Å². The zero-order chi connectivity index (χ0) is 12.2. The second kappa shape index (κ2) is 5.87. The predicted molar refractivity (Wildman–Crippen MR) is 58.1 cm³/mol. The van der Waals surface area contributed by atoms with Gasteiger partial charge in [0.15, 0.2) is 0 Å². The molecular weight excluding hydrogens is 217 g/mol. The Bertz CT molecular complexity index is 206. The van der Waals surface area contributed by atoms with Crippen molar-refractivity contribution in [2.24, 2.45) is 17.6 Å². The first kappa shape index (κ1) is 13.8. The van der Waals surface area contributed by atoms with Crippen LogP contribution in [0.15, 0.2) is 0 Å². The van der Waals surface area contributed by atoms with Crippen molar-refractivity contribution < 1.29 is 13.2 Å². The fourth-order valence-electron chi connectivity index (χ4n) is 2.35. The van der Waals surface area contributed by atoms with Gasteiger partial charge in [0.25, 0.3) is 0 Å². The molecule has 1 fully saturated rings. The van der Waals surface area contributed by atoms with Gasteiger partial charge in [-0.15, -0.1) is 0 Å².